The monoisotopic (exact) mass is 202 g/mol. The van der Waals surface area contributed by atoms with Crippen LogP contribution in [0.15, 0.2) is 24.3 Å². The number of hydrogen-bond donors (Lipinski definition) is 0. The number of ether oxygens (including phenoxy) is 4. The van der Waals surface area contributed by atoms with Gasteiger partial charge in [-0.3, -0.25) is 0 Å². The molecular formula is C10H18O4. The SMILES string of the molecule is COC(/C=C/C=C/C(OC)OC)OC. The molecule has 0 aliphatic heterocycles. The lowest BCUT2D eigenvalue weighted by atomic mass is 10.4. The van der Waals surface area contributed by atoms with Crippen molar-refractivity contribution in [1.82, 2.24) is 0 Å². The van der Waals surface area contributed by atoms with Crippen molar-refractivity contribution in [3.63, 3.8) is 0 Å². The van der Waals surface area contributed by atoms with Crippen molar-refractivity contribution in [3.05, 3.63) is 24.3 Å². The van der Waals surface area contributed by atoms with Gasteiger partial charge < -0.3 is 18.9 Å². The lowest BCUT2D eigenvalue weighted by Crippen LogP contribution is -2.09. The van der Waals surface area contributed by atoms with Crippen LogP contribution in [0.25, 0.3) is 0 Å². The Labute approximate surface area is 85.1 Å². The van der Waals surface area contributed by atoms with Gasteiger partial charge >= 0.3 is 0 Å². The van der Waals surface area contributed by atoms with E-state index < -0.39 is 0 Å². The summed E-state index contributed by atoms with van der Waals surface area (Å²) in [4.78, 5) is 0. The first-order valence-corrected chi connectivity index (χ1v) is 4.24. The smallest absolute Gasteiger partial charge is 0.176 e. The maximum atomic E-state index is 4.95. The van der Waals surface area contributed by atoms with Crippen molar-refractivity contribution in [3.8, 4) is 0 Å². The van der Waals surface area contributed by atoms with Crippen molar-refractivity contribution >= 4 is 0 Å². The Morgan fingerprint density at radius 3 is 1.14 bits per heavy atom. The Morgan fingerprint density at radius 1 is 0.643 bits per heavy atom. The van der Waals surface area contributed by atoms with Crippen LogP contribution in [0.3, 0.4) is 0 Å². The van der Waals surface area contributed by atoms with Gasteiger partial charge in [-0.15, -0.1) is 0 Å². The third-order valence-electron chi connectivity index (χ3n) is 1.58. The standard InChI is InChI=1S/C10H18O4/c1-11-9(12-2)7-5-6-8-10(13-3)14-4/h5-10H,1-4H3/b7-5+,8-6+. The minimum Gasteiger partial charge on any atom is -0.352 e. The van der Waals surface area contributed by atoms with Crippen molar-refractivity contribution in [2.45, 2.75) is 12.6 Å². The molecule has 0 aromatic heterocycles. The summed E-state index contributed by atoms with van der Waals surface area (Å²) in [5, 5.41) is 0. The van der Waals surface area contributed by atoms with Gasteiger partial charge in [0.2, 0.25) is 0 Å². The molecule has 0 atom stereocenters. The van der Waals surface area contributed by atoms with Crippen molar-refractivity contribution in [2.75, 3.05) is 28.4 Å². The Hall–Kier alpha value is -0.680. The Bertz CT molecular complexity index is 149. The summed E-state index contributed by atoms with van der Waals surface area (Å²) in [6, 6.07) is 0. The molecule has 0 radical (unpaired) electrons. The van der Waals surface area contributed by atoms with Crippen LogP contribution in [0, 0.1) is 0 Å². The molecule has 4 nitrogen and oxygen atoms in total. The molecule has 0 aromatic rings. The summed E-state index contributed by atoms with van der Waals surface area (Å²) >= 11 is 0. The fourth-order valence-corrected chi connectivity index (χ4v) is 0.816. The van der Waals surface area contributed by atoms with Gasteiger partial charge in [-0.1, -0.05) is 12.2 Å². The summed E-state index contributed by atoms with van der Waals surface area (Å²) in [6.45, 7) is 0. The van der Waals surface area contributed by atoms with E-state index in [0.29, 0.717) is 0 Å². The molecule has 0 unspecified atom stereocenters. The van der Waals surface area contributed by atoms with Crippen molar-refractivity contribution < 1.29 is 18.9 Å². The molecule has 0 saturated carbocycles. The molecule has 0 fully saturated rings. The van der Waals surface area contributed by atoms with E-state index in [1.54, 1.807) is 40.6 Å². The molecule has 0 heterocycles. The summed E-state index contributed by atoms with van der Waals surface area (Å²) in [7, 11) is 6.31. The Morgan fingerprint density at radius 2 is 0.929 bits per heavy atom. The van der Waals surface area contributed by atoms with Gasteiger partial charge in [0, 0.05) is 28.4 Å². The van der Waals surface area contributed by atoms with Crippen LogP contribution in [0.4, 0.5) is 0 Å². The largest absolute Gasteiger partial charge is 0.352 e. The average molecular weight is 202 g/mol. The van der Waals surface area contributed by atoms with E-state index in [0.717, 1.165) is 0 Å². The minimum absolute atomic E-state index is 0.316. The third kappa shape index (κ3) is 5.88. The molecule has 14 heavy (non-hydrogen) atoms. The molecule has 0 spiro atoms. The summed E-state index contributed by atoms with van der Waals surface area (Å²) in [5.74, 6) is 0. The van der Waals surface area contributed by atoms with Gasteiger partial charge in [0.25, 0.3) is 0 Å². The third-order valence-corrected chi connectivity index (χ3v) is 1.58. The normalized spacial score (nSPS) is 12.7. The average Bonchev–Trinajstić information content (AvgIpc) is 2.24. The van der Waals surface area contributed by atoms with E-state index in [2.05, 4.69) is 0 Å². The highest BCUT2D eigenvalue weighted by Gasteiger charge is 1.97. The van der Waals surface area contributed by atoms with E-state index in [1.807, 2.05) is 12.2 Å². The maximum absolute atomic E-state index is 4.95. The minimum atomic E-state index is -0.316. The van der Waals surface area contributed by atoms with Crippen molar-refractivity contribution in [1.29, 1.82) is 0 Å². The van der Waals surface area contributed by atoms with Gasteiger partial charge in [-0.25, -0.2) is 0 Å². The summed E-state index contributed by atoms with van der Waals surface area (Å²) in [6.07, 6.45) is 6.54. The molecule has 0 N–H and O–H groups in total. The molecule has 0 saturated heterocycles. The highest BCUT2D eigenvalue weighted by atomic mass is 16.7. The van der Waals surface area contributed by atoms with Gasteiger partial charge in [0.05, 0.1) is 0 Å². The zero-order chi connectivity index (χ0) is 10.8. The highest BCUT2D eigenvalue weighted by molar-refractivity contribution is 5.04. The van der Waals surface area contributed by atoms with E-state index in [9.17, 15) is 0 Å². The lowest BCUT2D eigenvalue weighted by Gasteiger charge is -2.07. The molecule has 0 aliphatic carbocycles. The number of rotatable bonds is 7. The molecule has 0 bridgehead atoms. The van der Waals surface area contributed by atoms with E-state index in [-0.39, 0.29) is 12.6 Å². The molecule has 0 amide bonds. The first kappa shape index (κ1) is 13.3. The van der Waals surface area contributed by atoms with E-state index in [4.69, 9.17) is 18.9 Å². The number of allylic oxidation sites excluding steroid dienone is 2. The first-order chi connectivity index (χ1) is 6.78. The van der Waals surface area contributed by atoms with Gasteiger partial charge in [0.1, 0.15) is 0 Å². The van der Waals surface area contributed by atoms with E-state index in [1.165, 1.54) is 0 Å². The quantitative estimate of drug-likeness (QED) is 0.461. The maximum Gasteiger partial charge on any atom is 0.176 e. The highest BCUT2D eigenvalue weighted by Crippen LogP contribution is 1.96. The predicted octanol–water partition coefficient (Wildman–Crippen LogP) is 1.34. The van der Waals surface area contributed by atoms with Crippen LogP contribution in [0.2, 0.25) is 0 Å². The van der Waals surface area contributed by atoms with Crippen LogP contribution in [-0.2, 0) is 18.9 Å². The van der Waals surface area contributed by atoms with E-state index >= 15 is 0 Å². The molecule has 4 heteroatoms. The molecular weight excluding hydrogens is 184 g/mol. The molecule has 0 rings (SSSR count). The van der Waals surface area contributed by atoms with Gasteiger partial charge in [-0.05, 0) is 12.2 Å². The second-order valence-electron chi connectivity index (χ2n) is 2.45. The Balaban J connectivity index is 3.89. The summed E-state index contributed by atoms with van der Waals surface area (Å²) < 4.78 is 19.8. The summed E-state index contributed by atoms with van der Waals surface area (Å²) in [5.41, 5.74) is 0. The second kappa shape index (κ2) is 8.90. The van der Waals surface area contributed by atoms with Crippen LogP contribution in [-0.4, -0.2) is 41.0 Å². The molecule has 0 aromatic carbocycles. The fourth-order valence-electron chi connectivity index (χ4n) is 0.816. The predicted molar refractivity (Wildman–Crippen MR) is 53.9 cm³/mol. The molecule has 82 valence electrons. The second-order valence-corrected chi connectivity index (χ2v) is 2.45. The lowest BCUT2D eigenvalue weighted by molar-refractivity contribution is -0.0675. The number of hydrogen-bond acceptors (Lipinski definition) is 4. The molecule has 0 aliphatic rings. The van der Waals surface area contributed by atoms with Crippen LogP contribution < -0.4 is 0 Å². The zero-order valence-corrected chi connectivity index (χ0v) is 9.10. The fraction of sp³-hybridized carbons (Fsp3) is 0.600. The van der Waals surface area contributed by atoms with Crippen LogP contribution in [0.5, 0.6) is 0 Å². The number of methoxy groups -OCH3 is 4. The Kier molecular flexibility index (Phi) is 8.47. The topological polar surface area (TPSA) is 36.9 Å². The van der Waals surface area contributed by atoms with Crippen molar-refractivity contribution in [2.24, 2.45) is 0 Å². The van der Waals surface area contributed by atoms with Gasteiger partial charge in [0.15, 0.2) is 12.6 Å². The first-order valence-electron chi connectivity index (χ1n) is 4.24. The van der Waals surface area contributed by atoms with Crippen LogP contribution >= 0.6 is 0 Å². The van der Waals surface area contributed by atoms with Crippen LogP contribution in [0.1, 0.15) is 0 Å². The zero-order valence-electron chi connectivity index (χ0n) is 9.10. The van der Waals surface area contributed by atoms with Gasteiger partial charge in [-0.2, -0.15) is 0 Å².